The van der Waals surface area contributed by atoms with Crippen molar-refractivity contribution < 1.29 is 9.18 Å². The summed E-state index contributed by atoms with van der Waals surface area (Å²) in [6.07, 6.45) is 4.64. The van der Waals surface area contributed by atoms with Crippen molar-refractivity contribution in [2.45, 2.75) is 45.2 Å². The van der Waals surface area contributed by atoms with Crippen LogP contribution in [0.2, 0.25) is 0 Å². The Morgan fingerprint density at radius 3 is 2.25 bits per heavy atom. The molecule has 1 heterocycles. The van der Waals surface area contributed by atoms with Crippen molar-refractivity contribution in [1.82, 2.24) is 4.90 Å². The van der Waals surface area contributed by atoms with Gasteiger partial charge in [-0.15, -0.1) is 0 Å². The smallest absolute Gasteiger partial charge is 0.201 e. The first kappa shape index (κ1) is 15.2. The first-order valence-corrected chi connectivity index (χ1v) is 7.52. The summed E-state index contributed by atoms with van der Waals surface area (Å²) < 4.78 is 14.8. The molecular formula is C17H24FNO. The van der Waals surface area contributed by atoms with Gasteiger partial charge in [0.25, 0.3) is 0 Å². The molecule has 0 saturated carbocycles. The topological polar surface area (TPSA) is 20.3 Å². The van der Waals surface area contributed by atoms with Gasteiger partial charge in [0.1, 0.15) is 0 Å². The Kier molecular flexibility index (Phi) is 4.92. The molecule has 0 aliphatic carbocycles. The number of aryl methyl sites for hydroxylation is 1. The molecule has 0 spiro atoms. The number of hydrogen-bond acceptors (Lipinski definition) is 2. The lowest BCUT2D eigenvalue weighted by Crippen LogP contribution is -2.43. The van der Waals surface area contributed by atoms with Crippen LogP contribution in [0.5, 0.6) is 0 Å². The van der Waals surface area contributed by atoms with E-state index in [0.29, 0.717) is 5.56 Å². The number of halogens is 1. The minimum absolute atomic E-state index is 0.208. The highest BCUT2D eigenvalue weighted by molar-refractivity contribution is 6.02. The summed E-state index contributed by atoms with van der Waals surface area (Å²) in [5.74, 6) is -0.401. The third kappa shape index (κ3) is 3.89. The maximum atomic E-state index is 14.8. The van der Waals surface area contributed by atoms with E-state index >= 15 is 0 Å². The Morgan fingerprint density at radius 1 is 1.15 bits per heavy atom. The second kappa shape index (κ2) is 6.49. The molecule has 2 nitrogen and oxygen atoms in total. The Hall–Kier alpha value is -1.22. The van der Waals surface area contributed by atoms with Crippen LogP contribution in [-0.4, -0.2) is 36.0 Å². The van der Waals surface area contributed by atoms with E-state index in [0.717, 1.165) is 31.5 Å². The Labute approximate surface area is 121 Å². The van der Waals surface area contributed by atoms with E-state index in [1.165, 1.54) is 19.8 Å². The van der Waals surface area contributed by atoms with Crippen molar-refractivity contribution in [3.8, 4) is 0 Å². The second-order valence-electron chi connectivity index (χ2n) is 6.08. The predicted octanol–water partition coefficient (Wildman–Crippen LogP) is 3.78. The van der Waals surface area contributed by atoms with Crippen molar-refractivity contribution in [1.29, 1.82) is 0 Å². The van der Waals surface area contributed by atoms with E-state index in [-0.39, 0.29) is 6.54 Å². The van der Waals surface area contributed by atoms with Crippen molar-refractivity contribution in [3.05, 3.63) is 35.4 Å². The fraction of sp³-hybridized carbons (Fsp3) is 0.588. The highest BCUT2D eigenvalue weighted by Crippen LogP contribution is 2.21. The molecule has 0 bridgehead atoms. The number of nitrogens with zero attached hydrogens (tertiary/aromatic N) is 1. The summed E-state index contributed by atoms with van der Waals surface area (Å²) in [5, 5.41) is 0. The Morgan fingerprint density at radius 2 is 1.70 bits per heavy atom. The Balaban J connectivity index is 2.04. The zero-order valence-corrected chi connectivity index (χ0v) is 12.5. The molecule has 1 fully saturated rings. The molecule has 0 amide bonds. The molecule has 3 heteroatoms. The van der Waals surface area contributed by atoms with Gasteiger partial charge in [0.05, 0.1) is 0 Å². The van der Waals surface area contributed by atoms with Crippen molar-refractivity contribution in [2.75, 3.05) is 19.6 Å². The molecule has 1 aliphatic heterocycles. The number of Topliss-reactive ketones (excluding diaryl/α,β-unsaturated/α-hetero) is 1. The van der Waals surface area contributed by atoms with Crippen LogP contribution in [-0.2, 0) is 0 Å². The third-order valence-corrected chi connectivity index (χ3v) is 4.01. The summed E-state index contributed by atoms with van der Waals surface area (Å²) in [5.41, 5.74) is -0.260. The van der Waals surface area contributed by atoms with Crippen LogP contribution in [0.3, 0.4) is 0 Å². The number of rotatable bonds is 4. The fourth-order valence-electron chi connectivity index (χ4n) is 2.79. The zero-order valence-electron chi connectivity index (χ0n) is 12.5. The van der Waals surface area contributed by atoms with Gasteiger partial charge in [-0.3, -0.25) is 9.69 Å². The summed E-state index contributed by atoms with van der Waals surface area (Å²) >= 11 is 0. The average molecular weight is 277 g/mol. The van der Waals surface area contributed by atoms with Gasteiger partial charge in [0, 0.05) is 12.1 Å². The zero-order chi connectivity index (χ0) is 14.6. The van der Waals surface area contributed by atoms with Gasteiger partial charge >= 0.3 is 0 Å². The first-order chi connectivity index (χ1) is 9.49. The number of alkyl halides is 1. The molecule has 1 atom stereocenters. The SMILES string of the molecule is Cc1ccc(C(=O)C(C)(F)CN2CCCCCC2)cc1. The van der Waals surface area contributed by atoms with Gasteiger partial charge in [-0.1, -0.05) is 42.7 Å². The van der Waals surface area contributed by atoms with E-state index in [9.17, 15) is 9.18 Å². The normalized spacial score (nSPS) is 20.1. The third-order valence-electron chi connectivity index (χ3n) is 4.01. The fourth-order valence-corrected chi connectivity index (χ4v) is 2.79. The van der Waals surface area contributed by atoms with E-state index in [1.54, 1.807) is 12.1 Å². The van der Waals surface area contributed by atoms with Crippen LogP contribution in [0.1, 0.15) is 48.5 Å². The molecule has 1 aromatic rings. The number of ketones is 1. The Bertz CT molecular complexity index is 445. The highest BCUT2D eigenvalue weighted by Gasteiger charge is 2.35. The molecule has 0 N–H and O–H groups in total. The molecule has 1 saturated heterocycles. The van der Waals surface area contributed by atoms with Crippen LogP contribution in [0.15, 0.2) is 24.3 Å². The molecule has 1 unspecified atom stereocenters. The van der Waals surface area contributed by atoms with Crippen molar-refractivity contribution >= 4 is 5.78 Å². The number of benzene rings is 1. The number of carbonyl (C=O) groups excluding carboxylic acids is 1. The minimum Gasteiger partial charge on any atom is -0.300 e. The highest BCUT2D eigenvalue weighted by atomic mass is 19.1. The molecule has 1 aliphatic rings. The van der Waals surface area contributed by atoms with E-state index < -0.39 is 11.5 Å². The van der Waals surface area contributed by atoms with Crippen LogP contribution in [0.25, 0.3) is 0 Å². The van der Waals surface area contributed by atoms with Crippen LogP contribution >= 0.6 is 0 Å². The van der Waals surface area contributed by atoms with Crippen LogP contribution < -0.4 is 0 Å². The first-order valence-electron chi connectivity index (χ1n) is 7.52. The predicted molar refractivity (Wildman–Crippen MR) is 79.9 cm³/mol. The molecule has 20 heavy (non-hydrogen) atoms. The molecule has 2 rings (SSSR count). The monoisotopic (exact) mass is 277 g/mol. The lowest BCUT2D eigenvalue weighted by Gasteiger charge is -2.27. The maximum absolute atomic E-state index is 14.8. The number of carbonyl (C=O) groups is 1. The molecular weight excluding hydrogens is 253 g/mol. The second-order valence-corrected chi connectivity index (χ2v) is 6.08. The summed E-state index contributed by atoms with van der Waals surface area (Å²) in [7, 11) is 0. The van der Waals surface area contributed by atoms with Crippen LogP contribution in [0, 0.1) is 6.92 Å². The number of hydrogen-bond donors (Lipinski definition) is 0. The van der Waals surface area contributed by atoms with Crippen molar-refractivity contribution in [3.63, 3.8) is 0 Å². The van der Waals surface area contributed by atoms with Gasteiger partial charge in [0.15, 0.2) is 5.67 Å². The van der Waals surface area contributed by atoms with Gasteiger partial charge in [-0.25, -0.2) is 4.39 Å². The summed E-state index contributed by atoms with van der Waals surface area (Å²) in [6, 6.07) is 7.15. The van der Waals surface area contributed by atoms with E-state index in [2.05, 4.69) is 4.90 Å². The lowest BCUT2D eigenvalue weighted by molar-refractivity contribution is 0.0608. The average Bonchev–Trinajstić information content (AvgIpc) is 2.67. The number of likely N-dealkylation sites (tertiary alicyclic amines) is 1. The lowest BCUT2D eigenvalue weighted by atomic mass is 9.95. The van der Waals surface area contributed by atoms with Crippen molar-refractivity contribution in [2.24, 2.45) is 0 Å². The maximum Gasteiger partial charge on any atom is 0.201 e. The van der Waals surface area contributed by atoms with Gasteiger partial charge in [0.2, 0.25) is 5.78 Å². The molecule has 110 valence electrons. The van der Waals surface area contributed by atoms with Crippen LogP contribution in [0.4, 0.5) is 4.39 Å². The quantitative estimate of drug-likeness (QED) is 0.781. The van der Waals surface area contributed by atoms with E-state index in [1.807, 2.05) is 19.1 Å². The van der Waals surface area contributed by atoms with E-state index in [4.69, 9.17) is 0 Å². The van der Waals surface area contributed by atoms with Gasteiger partial charge in [-0.2, -0.15) is 0 Å². The largest absolute Gasteiger partial charge is 0.300 e. The molecule has 1 aromatic carbocycles. The molecule has 0 aromatic heterocycles. The standard InChI is InChI=1S/C17H24FNO/c1-14-7-9-15(10-8-14)16(20)17(2,18)13-19-11-5-3-4-6-12-19/h7-10H,3-6,11-13H2,1-2H3. The molecule has 0 radical (unpaired) electrons. The van der Waals surface area contributed by atoms with Gasteiger partial charge in [-0.05, 0) is 39.8 Å². The minimum atomic E-state index is -1.81. The summed E-state index contributed by atoms with van der Waals surface area (Å²) in [4.78, 5) is 14.4. The summed E-state index contributed by atoms with van der Waals surface area (Å²) in [6.45, 7) is 5.39. The van der Waals surface area contributed by atoms with Gasteiger partial charge < -0.3 is 0 Å².